The Bertz CT molecular complexity index is 487. The molecule has 0 aromatic heterocycles. The van der Waals surface area contributed by atoms with Crippen molar-refractivity contribution in [1.29, 1.82) is 0 Å². The van der Waals surface area contributed by atoms with E-state index >= 15 is 0 Å². The molecule has 0 amide bonds. The fourth-order valence-corrected chi connectivity index (χ4v) is 4.49. The molecule has 1 spiro atoms. The first kappa shape index (κ1) is 15.6. The minimum atomic E-state index is -0.194. The SMILES string of the molecule is c1ccc2c(c1)CCN(CCC1CCC3(CC1)OCCO3)CC2. The molecule has 4 rings (SSSR count). The maximum Gasteiger partial charge on any atom is 0.168 e. The van der Waals surface area contributed by atoms with E-state index in [1.807, 2.05) is 0 Å². The van der Waals surface area contributed by atoms with Crippen LogP contribution in [0.15, 0.2) is 24.3 Å². The van der Waals surface area contributed by atoms with E-state index in [0.717, 1.165) is 32.0 Å². The van der Waals surface area contributed by atoms with Crippen molar-refractivity contribution >= 4 is 0 Å². The molecule has 3 heteroatoms. The van der Waals surface area contributed by atoms with Gasteiger partial charge in [-0.3, -0.25) is 0 Å². The second-order valence-corrected chi connectivity index (χ2v) is 7.45. The predicted molar refractivity (Wildman–Crippen MR) is 91.5 cm³/mol. The van der Waals surface area contributed by atoms with Crippen LogP contribution in [-0.2, 0) is 22.3 Å². The molecule has 3 aliphatic rings. The van der Waals surface area contributed by atoms with Crippen molar-refractivity contribution in [3.05, 3.63) is 35.4 Å². The van der Waals surface area contributed by atoms with Gasteiger partial charge in [0.15, 0.2) is 5.79 Å². The Morgan fingerprint density at radius 3 is 2.17 bits per heavy atom. The van der Waals surface area contributed by atoms with Crippen molar-refractivity contribution < 1.29 is 9.47 Å². The van der Waals surface area contributed by atoms with Crippen LogP contribution in [0, 0.1) is 5.92 Å². The van der Waals surface area contributed by atoms with E-state index in [1.54, 1.807) is 11.1 Å². The van der Waals surface area contributed by atoms with Gasteiger partial charge in [-0.1, -0.05) is 24.3 Å². The molecule has 2 aliphatic heterocycles. The Hall–Kier alpha value is -0.900. The third-order valence-corrected chi connectivity index (χ3v) is 6.05. The molecule has 0 bridgehead atoms. The van der Waals surface area contributed by atoms with Crippen LogP contribution in [0.5, 0.6) is 0 Å². The van der Waals surface area contributed by atoms with Crippen LogP contribution >= 0.6 is 0 Å². The first-order chi connectivity index (χ1) is 11.3. The fourth-order valence-electron chi connectivity index (χ4n) is 4.49. The standard InChI is InChI=1S/C20H29NO2/c1-2-4-19-9-14-21(13-8-18(19)3-1)12-7-17-5-10-20(11-6-17)22-15-16-23-20/h1-4,17H,5-16H2. The Morgan fingerprint density at radius 1 is 0.957 bits per heavy atom. The van der Waals surface area contributed by atoms with E-state index < -0.39 is 0 Å². The van der Waals surface area contributed by atoms with Gasteiger partial charge in [-0.05, 0) is 55.7 Å². The topological polar surface area (TPSA) is 21.7 Å². The van der Waals surface area contributed by atoms with Crippen LogP contribution in [0.2, 0.25) is 0 Å². The van der Waals surface area contributed by atoms with Crippen molar-refractivity contribution in [2.45, 2.75) is 50.7 Å². The molecule has 1 aromatic carbocycles. The third kappa shape index (κ3) is 3.62. The summed E-state index contributed by atoms with van der Waals surface area (Å²) in [5, 5.41) is 0. The molecule has 0 unspecified atom stereocenters. The third-order valence-electron chi connectivity index (χ3n) is 6.05. The quantitative estimate of drug-likeness (QED) is 0.853. The maximum atomic E-state index is 5.84. The zero-order chi connectivity index (χ0) is 15.5. The number of fused-ring (bicyclic) bond motifs is 1. The largest absolute Gasteiger partial charge is 0.348 e. The lowest BCUT2D eigenvalue weighted by atomic mass is 9.83. The van der Waals surface area contributed by atoms with Crippen LogP contribution in [0.25, 0.3) is 0 Å². The van der Waals surface area contributed by atoms with Gasteiger partial charge in [0.25, 0.3) is 0 Å². The molecular weight excluding hydrogens is 286 g/mol. The van der Waals surface area contributed by atoms with Gasteiger partial charge in [0.2, 0.25) is 0 Å². The normalized spacial score (nSPS) is 25.4. The Kier molecular flexibility index (Phi) is 4.70. The molecule has 23 heavy (non-hydrogen) atoms. The second kappa shape index (κ2) is 6.92. The molecule has 2 heterocycles. The Labute approximate surface area is 140 Å². The smallest absolute Gasteiger partial charge is 0.168 e. The van der Waals surface area contributed by atoms with Gasteiger partial charge >= 0.3 is 0 Å². The van der Waals surface area contributed by atoms with Gasteiger partial charge in [0, 0.05) is 25.9 Å². The number of hydrogen-bond donors (Lipinski definition) is 0. The number of rotatable bonds is 3. The highest BCUT2D eigenvalue weighted by Gasteiger charge is 2.40. The van der Waals surface area contributed by atoms with Gasteiger partial charge in [0.1, 0.15) is 0 Å². The van der Waals surface area contributed by atoms with Gasteiger partial charge < -0.3 is 14.4 Å². The van der Waals surface area contributed by atoms with Crippen molar-refractivity contribution in [3.8, 4) is 0 Å². The average molecular weight is 315 g/mol. The summed E-state index contributed by atoms with van der Waals surface area (Å²) in [5.74, 6) is 0.667. The minimum absolute atomic E-state index is 0.194. The van der Waals surface area contributed by atoms with E-state index in [0.29, 0.717) is 0 Å². The van der Waals surface area contributed by atoms with Gasteiger partial charge in [-0.25, -0.2) is 0 Å². The molecule has 1 saturated heterocycles. The second-order valence-electron chi connectivity index (χ2n) is 7.45. The molecular formula is C20H29NO2. The summed E-state index contributed by atoms with van der Waals surface area (Å²) in [7, 11) is 0. The highest BCUT2D eigenvalue weighted by molar-refractivity contribution is 5.28. The van der Waals surface area contributed by atoms with Gasteiger partial charge in [0.05, 0.1) is 13.2 Å². The lowest BCUT2D eigenvalue weighted by Gasteiger charge is -2.36. The van der Waals surface area contributed by atoms with Gasteiger partial charge in [-0.15, -0.1) is 0 Å². The summed E-state index contributed by atoms with van der Waals surface area (Å²) in [6.45, 7) is 5.28. The summed E-state index contributed by atoms with van der Waals surface area (Å²) < 4.78 is 11.7. The first-order valence-electron chi connectivity index (χ1n) is 9.40. The van der Waals surface area contributed by atoms with Crippen molar-refractivity contribution in [2.75, 3.05) is 32.8 Å². The van der Waals surface area contributed by atoms with E-state index in [1.165, 1.54) is 51.7 Å². The van der Waals surface area contributed by atoms with Crippen LogP contribution < -0.4 is 0 Å². The summed E-state index contributed by atoms with van der Waals surface area (Å²) in [6.07, 6.45) is 8.51. The number of nitrogens with zero attached hydrogens (tertiary/aromatic N) is 1. The van der Waals surface area contributed by atoms with Crippen LogP contribution in [0.4, 0.5) is 0 Å². The zero-order valence-electron chi connectivity index (χ0n) is 14.1. The highest BCUT2D eigenvalue weighted by atomic mass is 16.7. The molecule has 0 N–H and O–H groups in total. The maximum absolute atomic E-state index is 5.84. The van der Waals surface area contributed by atoms with Crippen molar-refractivity contribution in [2.24, 2.45) is 5.92 Å². The summed E-state index contributed by atoms with van der Waals surface area (Å²) in [5.41, 5.74) is 3.12. The van der Waals surface area contributed by atoms with Crippen LogP contribution in [0.1, 0.15) is 43.2 Å². The molecule has 0 radical (unpaired) electrons. The first-order valence-corrected chi connectivity index (χ1v) is 9.40. The molecule has 3 nitrogen and oxygen atoms in total. The monoisotopic (exact) mass is 315 g/mol. The highest BCUT2D eigenvalue weighted by Crippen LogP contribution is 2.39. The molecule has 1 aromatic rings. The molecule has 1 aliphatic carbocycles. The molecule has 2 fully saturated rings. The minimum Gasteiger partial charge on any atom is -0.348 e. The zero-order valence-corrected chi connectivity index (χ0v) is 14.1. The summed E-state index contributed by atoms with van der Waals surface area (Å²) in [6, 6.07) is 8.97. The Morgan fingerprint density at radius 2 is 1.57 bits per heavy atom. The predicted octanol–water partition coefficient (Wildman–Crippen LogP) is 3.41. The van der Waals surface area contributed by atoms with E-state index in [2.05, 4.69) is 29.2 Å². The summed E-state index contributed by atoms with van der Waals surface area (Å²) in [4.78, 5) is 2.67. The summed E-state index contributed by atoms with van der Waals surface area (Å²) >= 11 is 0. The van der Waals surface area contributed by atoms with E-state index in [9.17, 15) is 0 Å². The average Bonchev–Trinajstić information content (AvgIpc) is 2.94. The number of benzene rings is 1. The van der Waals surface area contributed by atoms with E-state index in [-0.39, 0.29) is 5.79 Å². The van der Waals surface area contributed by atoms with Gasteiger partial charge in [-0.2, -0.15) is 0 Å². The lowest BCUT2D eigenvalue weighted by molar-refractivity contribution is -0.182. The molecule has 1 saturated carbocycles. The molecule has 126 valence electrons. The van der Waals surface area contributed by atoms with Crippen molar-refractivity contribution in [1.82, 2.24) is 4.90 Å². The van der Waals surface area contributed by atoms with Crippen molar-refractivity contribution in [3.63, 3.8) is 0 Å². The number of ether oxygens (including phenoxy) is 2. The fraction of sp³-hybridized carbons (Fsp3) is 0.700. The number of hydrogen-bond acceptors (Lipinski definition) is 3. The van der Waals surface area contributed by atoms with E-state index in [4.69, 9.17) is 9.47 Å². The van der Waals surface area contributed by atoms with Crippen LogP contribution in [0.3, 0.4) is 0 Å². The Balaban J connectivity index is 1.23. The molecule has 0 atom stereocenters. The lowest BCUT2D eigenvalue weighted by Crippen LogP contribution is -2.36. The van der Waals surface area contributed by atoms with Crippen LogP contribution in [-0.4, -0.2) is 43.5 Å².